The van der Waals surface area contributed by atoms with Gasteiger partial charge in [-0.15, -0.1) is 10.2 Å². The van der Waals surface area contributed by atoms with E-state index in [0.717, 1.165) is 56.1 Å². The molecule has 1 saturated carbocycles. The van der Waals surface area contributed by atoms with Gasteiger partial charge in [0.1, 0.15) is 5.75 Å². The molecule has 5 rings (SSSR count). The average Bonchev–Trinajstić information content (AvgIpc) is 3.31. The molecule has 39 heavy (non-hydrogen) atoms. The average molecular weight is 560 g/mol. The van der Waals surface area contributed by atoms with Crippen molar-refractivity contribution in [2.45, 2.75) is 67.2 Å². The largest absolute Gasteiger partial charge is 0.497 e. The van der Waals surface area contributed by atoms with E-state index < -0.39 is 11.9 Å². The molecule has 3 N–H and O–H groups in total. The fraction of sp³-hybridized carbons (Fsp3) is 0.481. The molecule has 0 radical (unpaired) electrons. The van der Waals surface area contributed by atoms with Gasteiger partial charge in [0.15, 0.2) is 16.5 Å². The Hall–Kier alpha value is -3.12. The summed E-state index contributed by atoms with van der Waals surface area (Å²) in [6, 6.07) is 11.6. The van der Waals surface area contributed by atoms with E-state index >= 15 is 0 Å². The van der Waals surface area contributed by atoms with Gasteiger partial charge in [-0.3, -0.25) is 4.98 Å². The highest BCUT2D eigenvalue weighted by molar-refractivity contribution is 7.99. The molecule has 3 aromatic rings. The molecule has 3 heterocycles. The topological polar surface area (TPSA) is 102 Å². The Kier molecular flexibility index (Phi) is 7.86. The molecule has 1 aliphatic heterocycles. The van der Waals surface area contributed by atoms with Gasteiger partial charge >= 0.3 is 6.18 Å². The van der Waals surface area contributed by atoms with E-state index in [0.29, 0.717) is 12.0 Å². The van der Waals surface area contributed by atoms with Gasteiger partial charge in [-0.2, -0.15) is 18.2 Å². The Labute approximate surface area is 230 Å². The van der Waals surface area contributed by atoms with Gasteiger partial charge in [-0.05, 0) is 67.9 Å². The Morgan fingerprint density at radius 2 is 1.87 bits per heavy atom. The lowest BCUT2D eigenvalue weighted by Gasteiger charge is -2.44. The van der Waals surface area contributed by atoms with Crippen molar-refractivity contribution in [3.8, 4) is 5.75 Å². The summed E-state index contributed by atoms with van der Waals surface area (Å²) in [6.07, 6.45) is 2.02. The number of benzene rings is 1. The predicted molar refractivity (Wildman–Crippen MR) is 144 cm³/mol. The van der Waals surface area contributed by atoms with Gasteiger partial charge in [0.25, 0.3) is 0 Å². The molecule has 2 atom stereocenters. The molecule has 2 aliphatic rings. The summed E-state index contributed by atoms with van der Waals surface area (Å²) >= 11 is 0.767. The van der Waals surface area contributed by atoms with Crippen LogP contribution in [0.1, 0.15) is 56.3 Å². The number of aromatic nitrogens is 4. The number of nitrogen functional groups attached to an aromatic ring is 1. The summed E-state index contributed by atoms with van der Waals surface area (Å²) in [7, 11) is 1.67. The second-order valence-electron chi connectivity index (χ2n) is 10.2. The Morgan fingerprint density at radius 1 is 1.13 bits per heavy atom. The number of nitrogens with one attached hydrogen (secondary N) is 1. The SMILES string of the molecule is COc1ccc([C@@H](C)N[C@@H]2CCCC23CCN(c2nnc(Sc4cccnc4C(F)(F)F)c(N)n2)CC3)cc1. The summed E-state index contributed by atoms with van der Waals surface area (Å²) in [5, 5.41) is 12.4. The van der Waals surface area contributed by atoms with Gasteiger partial charge in [0.05, 0.1) is 7.11 Å². The van der Waals surface area contributed by atoms with Gasteiger partial charge in [-0.25, -0.2) is 0 Å². The standard InChI is InChI=1S/C27H32F3N7OS/c1-17(18-7-9-19(38-2)10-8-18)33-21-6-3-11-26(21)12-15-37(16-13-26)25-34-23(31)24(35-36-25)39-20-5-4-14-32-22(20)27(28,29)30/h4-5,7-10,14,17,21,33H,3,6,11-13,15-16H2,1-2H3,(H2,31,34,36)/t17-,21-/m1/s1. The molecule has 1 saturated heterocycles. The molecule has 0 bridgehead atoms. The number of hydrogen-bond acceptors (Lipinski definition) is 9. The third-order valence-electron chi connectivity index (χ3n) is 7.93. The van der Waals surface area contributed by atoms with Gasteiger partial charge in [-0.1, -0.05) is 30.3 Å². The maximum absolute atomic E-state index is 13.3. The number of hydrogen-bond donors (Lipinski definition) is 2. The highest BCUT2D eigenvalue weighted by Gasteiger charge is 2.45. The first kappa shape index (κ1) is 27.4. The van der Waals surface area contributed by atoms with Crippen LogP contribution in [0.2, 0.25) is 0 Å². The molecule has 12 heteroatoms. The number of methoxy groups -OCH3 is 1. The van der Waals surface area contributed by atoms with Crippen molar-refractivity contribution in [2.75, 3.05) is 30.8 Å². The van der Waals surface area contributed by atoms with E-state index in [1.165, 1.54) is 30.5 Å². The van der Waals surface area contributed by atoms with Crippen LogP contribution in [0.3, 0.4) is 0 Å². The lowest BCUT2D eigenvalue weighted by Crippen LogP contribution is -2.49. The van der Waals surface area contributed by atoms with Crippen LogP contribution in [0.15, 0.2) is 52.5 Å². The van der Waals surface area contributed by atoms with Crippen molar-refractivity contribution in [1.82, 2.24) is 25.5 Å². The summed E-state index contributed by atoms with van der Waals surface area (Å²) in [5.41, 5.74) is 6.58. The molecule has 1 spiro atoms. The first-order valence-corrected chi connectivity index (χ1v) is 13.9. The van der Waals surface area contributed by atoms with Crippen LogP contribution in [-0.4, -0.2) is 46.4 Å². The van der Waals surface area contributed by atoms with E-state index in [-0.39, 0.29) is 27.2 Å². The molecule has 1 aliphatic carbocycles. The molecule has 0 unspecified atom stereocenters. The van der Waals surface area contributed by atoms with Crippen LogP contribution in [0, 0.1) is 5.41 Å². The number of alkyl halides is 3. The summed E-state index contributed by atoms with van der Waals surface area (Å²) < 4.78 is 45.2. The van der Waals surface area contributed by atoms with E-state index in [4.69, 9.17) is 10.5 Å². The maximum atomic E-state index is 13.3. The zero-order valence-corrected chi connectivity index (χ0v) is 22.7. The predicted octanol–water partition coefficient (Wildman–Crippen LogP) is 5.52. The maximum Gasteiger partial charge on any atom is 0.434 e. The van der Waals surface area contributed by atoms with Crippen LogP contribution < -0.4 is 20.7 Å². The lowest BCUT2D eigenvalue weighted by atomic mass is 9.73. The number of pyridine rings is 1. The van der Waals surface area contributed by atoms with E-state index in [2.05, 4.69) is 49.4 Å². The quantitative estimate of drug-likeness (QED) is 0.388. The summed E-state index contributed by atoms with van der Waals surface area (Å²) in [5.74, 6) is 1.31. The fourth-order valence-corrected chi connectivity index (χ4v) is 6.61. The smallest absolute Gasteiger partial charge is 0.434 e. The number of piperidine rings is 1. The number of anilines is 2. The van der Waals surface area contributed by atoms with Crippen LogP contribution >= 0.6 is 11.8 Å². The minimum absolute atomic E-state index is 0.0518. The molecule has 2 aromatic heterocycles. The highest BCUT2D eigenvalue weighted by atomic mass is 32.2. The van der Waals surface area contributed by atoms with Crippen LogP contribution in [0.25, 0.3) is 0 Å². The van der Waals surface area contributed by atoms with Crippen LogP contribution in [0.4, 0.5) is 24.9 Å². The van der Waals surface area contributed by atoms with Crippen molar-refractivity contribution in [2.24, 2.45) is 5.41 Å². The third-order valence-corrected chi connectivity index (χ3v) is 8.96. The Bertz CT molecular complexity index is 1280. The summed E-state index contributed by atoms with van der Waals surface area (Å²) in [6.45, 7) is 3.74. The fourth-order valence-electron chi connectivity index (χ4n) is 5.76. The van der Waals surface area contributed by atoms with Crippen LogP contribution in [-0.2, 0) is 6.18 Å². The van der Waals surface area contributed by atoms with E-state index in [1.807, 2.05) is 12.1 Å². The number of halogens is 3. The lowest BCUT2D eigenvalue weighted by molar-refractivity contribution is -0.143. The number of rotatable bonds is 7. The molecule has 1 aromatic carbocycles. The molecular formula is C27H32F3N7OS. The first-order chi connectivity index (χ1) is 18.7. The van der Waals surface area contributed by atoms with Crippen molar-refractivity contribution in [3.05, 3.63) is 53.9 Å². The van der Waals surface area contributed by atoms with Crippen LogP contribution in [0.5, 0.6) is 5.75 Å². The zero-order chi connectivity index (χ0) is 27.6. The molecule has 0 amide bonds. The van der Waals surface area contributed by atoms with Crippen molar-refractivity contribution in [1.29, 1.82) is 0 Å². The van der Waals surface area contributed by atoms with Gasteiger partial charge in [0, 0.05) is 36.3 Å². The van der Waals surface area contributed by atoms with Crippen molar-refractivity contribution >= 4 is 23.5 Å². The molecule has 2 fully saturated rings. The van der Waals surface area contributed by atoms with E-state index in [1.54, 1.807) is 7.11 Å². The van der Waals surface area contributed by atoms with Crippen molar-refractivity contribution in [3.63, 3.8) is 0 Å². The second kappa shape index (κ2) is 11.2. The number of nitrogens with two attached hydrogens (primary N) is 1. The Balaban J connectivity index is 1.23. The normalized spacial score (nSPS) is 19.8. The van der Waals surface area contributed by atoms with Gasteiger partial charge < -0.3 is 20.7 Å². The molecule has 208 valence electrons. The first-order valence-electron chi connectivity index (χ1n) is 13.0. The summed E-state index contributed by atoms with van der Waals surface area (Å²) in [4.78, 5) is 9.85. The Morgan fingerprint density at radius 3 is 2.54 bits per heavy atom. The minimum Gasteiger partial charge on any atom is -0.497 e. The monoisotopic (exact) mass is 559 g/mol. The number of ether oxygens (including phenoxy) is 1. The third kappa shape index (κ3) is 5.91. The minimum atomic E-state index is -4.58. The van der Waals surface area contributed by atoms with E-state index in [9.17, 15) is 13.2 Å². The second-order valence-corrected chi connectivity index (χ2v) is 11.2. The highest BCUT2D eigenvalue weighted by Crippen LogP contribution is 2.47. The van der Waals surface area contributed by atoms with Gasteiger partial charge in [0.2, 0.25) is 5.95 Å². The molecular weight excluding hydrogens is 527 g/mol. The molecule has 8 nitrogen and oxygen atoms in total. The van der Waals surface area contributed by atoms with Crippen molar-refractivity contribution < 1.29 is 17.9 Å². The number of nitrogens with zero attached hydrogens (tertiary/aromatic N) is 5. The zero-order valence-electron chi connectivity index (χ0n) is 21.9.